The maximum atomic E-state index is 12.6. The van der Waals surface area contributed by atoms with Gasteiger partial charge in [-0.05, 0) is 77.5 Å². The summed E-state index contributed by atoms with van der Waals surface area (Å²) < 4.78 is 5.49. The normalized spacial score (nSPS) is 10.4. The number of anilines is 1. The lowest BCUT2D eigenvalue weighted by molar-refractivity contribution is 0.0735. The van der Waals surface area contributed by atoms with Crippen molar-refractivity contribution in [2.75, 3.05) is 5.32 Å². The highest BCUT2D eigenvalue weighted by atomic mass is 16.5. The maximum Gasteiger partial charge on any atom is 0.343 e. The average Bonchev–Trinajstić information content (AvgIpc) is 2.84. The van der Waals surface area contributed by atoms with Crippen LogP contribution in [0.5, 0.6) is 5.75 Å². The quantitative estimate of drug-likeness (QED) is 0.126. The van der Waals surface area contributed by atoms with E-state index in [1.54, 1.807) is 78.9 Å². The summed E-state index contributed by atoms with van der Waals surface area (Å²) in [5.74, 6) is -0.536. The van der Waals surface area contributed by atoms with E-state index in [0.717, 1.165) is 10.8 Å². The van der Waals surface area contributed by atoms with Gasteiger partial charge in [0.25, 0.3) is 5.91 Å². The van der Waals surface area contributed by atoms with Gasteiger partial charge in [-0.25, -0.2) is 9.79 Å². The average molecular weight is 467 g/mol. The number of ether oxygens (including phenoxy) is 1. The number of rotatable bonds is 6. The number of nitrogens with zero attached hydrogens (tertiary/aromatic N) is 1. The van der Waals surface area contributed by atoms with E-state index >= 15 is 0 Å². The zero-order valence-electron chi connectivity index (χ0n) is 18.5. The molecule has 1 amide bonds. The fourth-order valence-corrected chi connectivity index (χ4v) is 3.35. The Balaban J connectivity index is 1.40. The molecule has 0 aromatic heterocycles. The number of nitrogens with one attached hydrogen (secondary N) is 2. The van der Waals surface area contributed by atoms with Gasteiger partial charge in [-0.15, -0.1) is 0 Å². The minimum absolute atomic E-state index is 0.0113. The molecule has 0 fully saturated rings. The second-order valence-corrected chi connectivity index (χ2v) is 7.64. The van der Waals surface area contributed by atoms with Gasteiger partial charge >= 0.3 is 5.97 Å². The van der Waals surface area contributed by atoms with E-state index in [2.05, 4.69) is 10.3 Å². The highest BCUT2D eigenvalue weighted by Gasteiger charge is 2.11. The van der Waals surface area contributed by atoms with Crippen molar-refractivity contribution in [3.63, 3.8) is 0 Å². The number of aliphatic imine (C=N–C) groups is 1. The number of hydrogen-bond donors (Lipinski definition) is 5. The summed E-state index contributed by atoms with van der Waals surface area (Å²) in [5.41, 5.74) is 18.7. The van der Waals surface area contributed by atoms with Gasteiger partial charge < -0.3 is 27.3 Å². The maximum absolute atomic E-state index is 12.6. The van der Waals surface area contributed by atoms with E-state index in [0.29, 0.717) is 33.8 Å². The Bertz CT molecular complexity index is 1460. The summed E-state index contributed by atoms with van der Waals surface area (Å²) in [6, 6.07) is 23.4. The highest BCUT2D eigenvalue weighted by molar-refractivity contribution is 6.05. The number of amidine groups is 1. The van der Waals surface area contributed by atoms with Crippen molar-refractivity contribution in [2.24, 2.45) is 22.2 Å². The zero-order chi connectivity index (χ0) is 24.9. The predicted octanol–water partition coefficient (Wildman–Crippen LogP) is 3.50. The third-order valence-electron chi connectivity index (χ3n) is 5.10. The second-order valence-electron chi connectivity index (χ2n) is 7.64. The van der Waals surface area contributed by atoms with E-state index in [1.165, 1.54) is 0 Å². The first-order chi connectivity index (χ1) is 16.8. The highest BCUT2D eigenvalue weighted by Crippen LogP contribution is 2.23. The van der Waals surface area contributed by atoms with Crippen molar-refractivity contribution in [1.29, 1.82) is 5.41 Å². The molecule has 174 valence electrons. The van der Waals surface area contributed by atoms with E-state index in [-0.39, 0.29) is 17.7 Å². The molecular weight excluding hydrogens is 444 g/mol. The predicted molar refractivity (Wildman–Crippen MR) is 136 cm³/mol. The van der Waals surface area contributed by atoms with Gasteiger partial charge in [-0.2, -0.15) is 0 Å². The van der Waals surface area contributed by atoms with Crippen LogP contribution >= 0.6 is 0 Å². The number of esters is 1. The van der Waals surface area contributed by atoms with Crippen LogP contribution < -0.4 is 27.3 Å². The van der Waals surface area contributed by atoms with Crippen molar-refractivity contribution in [2.45, 2.75) is 0 Å². The largest absolute Gasteiger partial charge is 0.423 e. The van der Waals surface area contributed by atoms with Crippen LogP contribution in [0.25, 0.3) is 10.8 Å². The molecule has 0 aliphatic rings. The van der Waals surface area contributed by atoms with Crippen molar-refractivity contribution >= 4 is 45.8 Å². The van der Waals surface area contributed by atoms with Crippen LogP contribution in [0.2, 0.25) is 0 Å². The third-order valence-corrected chi connectivity index (χ3v) is 5.10. The van der Waals surface area contributed by atoms with Gasteiger partial charge in [0.05, 0.1) is 11.3 Å². The van der Waals surface area contributed by atoms with E-state index < -0.39 is 5.97 Å². The molecule has 0 aliphatic heterocycles. The van der Waals surface area contributed by atoms with Crippen LogP contribution in [0.4, 0.5) is 11.4 Å². The van der Waals surface area contributed by atoms with Crippen molar-refractivity contribution in [3.05, 3.63) is 102 Å². The van der Waals surface area contributed by atoms with Gasteiger partial charge in [-0.3, -0.25) is 10.2 Å². The molecule has 35 heavy (non-hydrogen) atoms. The summed E-state index contributed by atoms with van der Waals surface area (Å²) in [7, 11) is 0. The molecule has 0 saturated carbocycles. The van der Waals surface area contributed by atoms with Crippen molar-refractivity contribution in [1.82, 2.24) is 0 Å². The lowest BCUT2D eigenvalue weighted by atomic mass is 10.1. The Kier molecular flexibility index (Phi) is 6.41. The molecule has 0 heterocycles. The molecule has 0 spiro atoms. The van der Waals surface area contributed by atoms with Crippen LogP contribution in [-0.2, 0) is 0 Å². The number of amides is 1. The number of nitrogens with two attached hydrogens (primary N) is 3. The number of guanidine groups is 1. The molecule has 9 heteroatoms. The first-order valence-electron chi connectivity index (χ1n) is 10.5. The van der Waals surface area contributed by atoms with Crippen LogP contribution in [-0.4, -0.2) is 23.7 Å². The summed E-state index contributed by atoms with van der Waals surface area (Å²) in [4.78, 5) is 28.9. The minimum Gasteiger partial charge on any atom is -0.423 e. The summed E-state index contributed by atoms with van der Waals surface area (Å²) in [5, 5.41) is 12.0. The van der Waals surface area contributed by atoms with Gasteiger partial charge in [0.2, 0.25) is 0 Å². The van der Waals surface area contributed by atoms with Crippen molar-refractivity contribution < 1.29 is 14.3 Å². The van der Waals surface area contributed by atoms with Gasteiger partial charge in [0.1, 0.15) is 11.6 Å². The van der Waals surface area contributed by atoms with Crippen LogP contribution in [0.3, 0.4) is 0 Å². The Morgan fingerprint density at radius 2 is 1.34 bits per heavy atom. The molecular formula is C26H22N6O3. The monoisotopic (exact) mass is 466 g/mol. The Morgan fingerprint density at radius 3 is 2.00 bits per heavy atom. The number of benzene rings is 4. The molecule has 0 aliphatic carbocycles. The summed E-state index contributed by atoms with van der Waals surface area (Å²) in [6.07, 6.45) is 0. The summed E-state index contributed by atoms with van der Waals surface area (Å²) in [6.45, 7) is 0. The number of fused-ring (bicyclic) bond motifs is 1. The second kappa shape index (κ2) is 9.75. The third kappa shape index (κ3) is 5.60. The SMILES string of the molecule is N=C(N)c1ccc2cc(OC(=O)c3ccc(NC(=O)c4ccc(N=C(N)N)cc4)cc3)ccc2c1. The number of hydrogen-bond acceptors (Lipinski definition) is 5. The molecule has 0 unspecified atom stereocenters. The van der Waals surface area contributed by atoms with E-state index in [9.17, 15) is 9.59 Å². The fraction of sp³-hybridized carbons (Fsp3) is 0. The molecule has 4 aromatic rings. The van der Waals surface area contributed by atoms with E-state index in [1.807, 2.05) is 6.07 Å². The molecule has 9 nitrogen and oxygen atoms in total. The lowest BCUT2D eigenvalue weighted by Crippen LogP contribution is -2.21. The Morgan fingerprint density at radius 1 is 0.743 bits per heavy atom. The number of carbonyl (C=O) groups excluding carboxylic acids is 2. The molecule has 4 rings (SSSR count). The molecule has 0 saturated heterocycles. The van der Waals surface area contributed by atoms with Gasteiger partial charge in [0, 0.05) is 16.8 Å². The van der Waals surface area contributed by atoms with Crippen molar-refractivity contribution in [3.8, 4) is 5.75 Å². The molecule has 0 bridgehead atoms. The molecule has 8 N–H and O–H groups in total. The standard InChI is InChI=1S/C26H22N6O3/c27-23(28)19-2-1-18-14-22(12-7-17(18)13-19)35-25(34)16-5-10-20(11-6-16)31-24(33)15-3-8-21(9-4-15)32-26(29)30/h1-14H,(H3,27,28)(H,31,33)(H4,29,30,32). The van der Waals surface area contributed by atoms with Gasteiger partial charge in [-0.1, -0.05) is 18.2 Å². The molecule has 0 atom stereocenters. The van der Waals surface area contributed by atoms with Crippen LogP contribution in [0, 0.1) is 5.41 Å². The molecule has 4 aromatic carbocycles. The number of carbonyl (C=O) groups is 2. The topological polar surface area (TPSA) is 170 Å². The summed E-state index contributed by atoms with van der Waals surface area (Å²) >= 11 is 0. The van der Waals surface area contributed by atoms with Crippen LogP contribution in [0.15, 0.2) is 89.9 Å². The van der Waals surface area contributed by atoms with E-state index in [4.69, 9.17) is 27.3 Å². The minimum atomic E-state index is -0.530. The van der Waals surface area contributed by atoms with Crippen LogP contribution in [0.1, 0.15) is 26.3 Å². The Hall–Kier alpha value is -5.18. The fourth-order valence-electron chi connectivity index (χ4n) is 3.35. The number of nitrogen functional groups attached to an aromatic ring is 1. The lowest BCUT2D eigenvalue weighted by Gasteiger charge is -2.08. The Labute approximate surface area is 200 Å². The van der Waals surface area contributed by atoms with Gasteiger partial charge in [0.15, 0.2) is 5.96 Å². The smallest absolute Gasteiger partial charge is 0.343 e. The molecule has 0 radical (unpaired) electrons. The first kappa shape index (κ1) is 23.0. The first-order valence-corrected chi connectivity index (χ1v) is 10.5. The zero-order valence-corrected chi connectivity index (χ0v) is 18.5.